The molecule has 1 aliphatic rings. The van der Waals surface area contributed by atoms with Crippen LogP contribution in [0.15, 0.2) is 42.7 Å². The van der Waals surface area contributed by atoms with Crippen molar-refractivity contribution in [2.24, 2.45) is 0 Å². The Labute approximate surface area is 193 Å². The zero-order valence-electron chi connectivity index (χ0n) is 19.6. The predicted octanol–water partition coefficient (Wildman–Crippen LogP) is 4.80. The minimum Gasteiger partial charge on any atom is -0.486 e. The van der Waals surface area contributed by atoms with Gasteiger partial charge in [0.1, 0.15) is 23.5 Å². The van der Waals surface area contributed by atoms with Gasteiger partial charge in [0.2, 0.25) is 0 Å². The third kappa shape index (κ3) is 4.66. The van der Waals surface area contributed by atoms with E-state index in [2.05, 4.69) is 51.3 Å². The van der Waals surface area contributed by atoms with Gasteiger partial charge in [-0.2, -0.15) is 5.10 Å². The van der Waals surface area contributed by atoms with Crippen LogP contribution in [-0.2, 0) is 4.74 Å². The van der Waals surface area contributed by atoms with Crippen molar-refractivity contribution in [3.63, 3.8) is 0 Å². The molecule has 5 rings (SSSR count). The van der Waals surface area contributed by atoms with Gasteiger partial charge in [-0.05, 0) is 58.4 Å². The topological polar surface area (TPSA) is 86.5 Å². The van der Waals surface area contributed by atoms with E-state index in [9.17, 15) is 0 Å². The number of aromatic nitrogens is 5. The van der Waals surface area contributed by atoms with Crippen LogP contribution in [0.4, 0.5) is 11.6 Å². The summed E-state index contributed by atoms with van der Waals surface area (Å²) in [6, 6.07) is 10.1. The van der Waals surface area contributed by atoms with Gasteiger partial charge in [0, 0.05) is 41.7 Å². The summed E-state index contributed by atoms with van der Waals surface area (Å²) in [6.45, 7) is 10.6. The molecule has 1 N–H and O–H groups in total. The Hall–Kier alpha value is -3.52. The molecule has 8 nitrogen and oxygen atoms in total. The van der Waals surface area contributed by atoms with Crippen molar-refractivity contribution >= 4 is 17.2 Å². The minimum absolute atomic E-state index is 0.0116. The van der Waals surface area contributed by atoms with Crippen LogP contribution in [0.5, 0.6) is 5.75 Å². The molecule has 0 spiro atoms. The average molecular weight is 445 g/mol. The van der Waals surface area contributed by atoms with Crippen molar-refractivity contribution in [3.05, 3.63) is 59.9 Å². The lowest BCUT2D eigenvalue weighted by molar-refractivity contribution is 0.0319. The molecule has 0 radical (unpaired) electrons. The van der Waals surface area contributed by atoms with E-state index in [-0.39, 0.29) is 11.7 Å². The number of pyridine rings is 2. The van der Waals surface area contributed by atoms with Crippen molar-refractivity contribution in [1.82, 2.24) is 24.6 Å². The molecule has 0 bridgehead atoms. The summed E-state index contributed by atoms with van der Waals surface area (Å²) in [5.41, 5.74) is 4.69. The molecule has 1 aliphatic heterocycles. The smallest absolute Gasteiger partial charge is 0.154 e. The quantitative estimate of drug-likeness (QED) is 0.473. The molecule has 5 heterocycles. The maximum absolute atomic E-state index is 6.33. The molecule has 4 aromatic rings. The molecular formula is C25H28N6O2. The Morgan fingerprint density at radius 1 is 1.06 bits per heavy atom. The summed E-state index contributed by atoms with van der Waals surface area (Å²) in [5, 5.41) is 7.91. The van der Waals surface area contributed by atoms with Gasteiger partial charge in [0.25, 0.3) is 0 Å². The normalized spacial score (nSPS) is 17.4. The minimum atomic E-state index is -0.163. The van der Waals surface area contributed by atoms with Gasteiger partial charge in [-0.1, -0.05) is 0 Å². The molecule has 170 valence electrons. The maximum Gasteiger partial charge on any atom is 0.154 e. The Morgan fingerprint density at radius 3 is 2.67 bits per heavy atom. The van der Waals surface area contributed by atoms with E-state index in [4.69, 9.17) is 9.47 Å². The van der Waals surface area contributed by atoms with E-state index >= 15 is 0 Å². The third-order valence-electron chi connectivity index (χ3n) is 5.67. The molecule has 0 aromatic carbocycles. The molecular weight excluding hydrogens is 416 g/mol. The summed E-state index contributed by atoms with van der Waals surface area (Å²) in [4.78, 5) is 13.2. The SMILES string of the molecule is Cc1cc(-c2ccn3nc(Nc4cc(C)nc(C)n4)cc3c2)c(O[C@H]2COC(C)(C)C2)cn1. The fourth-order valence-electron chi connectivity index (χ4n) is 4.24. The largest absolute Gasteiger partial charge is 0.486 e. The van der Waals surface area contributed by atoms with E-state index in [1.165, 1.54) is 0 Å². The standard InChI is InChI=1S/C25H28N6O2/c1-15-8-21(22(13-26-15)33-20-12-25(4,5)32-14-20)18-6-7-31-19(10-18)11-24(30-31)29-23-9-16(2)27-17(3)28-23/h6-11,13,20H,12,14H2,1-5H3,(H,27,28,29,30)/t20-/m1/s1. The highest BCUT2D eigenvalue weighted by Gasteiger charge is 2.33. The number of hydrogen-bond acceptors (Lipinski definition) is 7. The molecule has 0 saturated carbocycles. The van der Waals surface area contributed by atoms with Gasteiger partial charge in [-0.25, -0.2) is 14.5 Å². The first kappa shape index (κ1) is 21.3. The molecule has 0 aliphatic carbocycles. The zero-order chi connectivity index (χ0) is 23.2. The number of rotatable bonds is 5. The lowest BCUT2D eigenvalue weighted by Gasteiger charge is -2.18. The summed E-state index contributed by atoms with van der Waals surface area (Å²) in [6.07, 6.45) is 4.62. The summed E-state index contributed by atoms with van der Waals surface area (Å²) in [7, 11) is 0. The highest BCUT2D eigenvalue weighted by molar-refractivity contribution is 5.75. The van der Waals surface area contributed by atoms with Crippen LogP contribution in [0.3, 0.4) is 0 Å². The highest BCUT2D eigenvalue weighted by Crippen LogP contribution is 2.35. The van der Waals surface area contributed by atoms with Crippen molar-refractivity contribution in [3.8, 4) is 16.9 Å². The van der Waals surface area contributed by atoms with Crippen LogP contribution in [0.2, 0.25) is 0 Å². The first-order valence-electron chi connectivity index (χ1n) is 11.1. The van der Waals surface area contributed by atoms with Gasteiger partial charge >= 0.3 is 0 Å². The van der Waals surface area contributed by atoms with E-state index in [0.717, 1.165) is 57.7 Å². The van der Waals surface area contributed by atoms with Gasteiger partial charge < -0.3 is 14.8 Å². The molecule has 0 unspecified atom stereocenters. The summed E-state index contributed by atoms with van der Waals surface area (Å²) in [5.74, 6) is 2.93. The molecule has 33 heavy (non-hydrogen) atoms. The van der Waals surface area contributed by atoms with Gasteiger partial charge in [-0.15, -0.1) is 0 Å². The van der Waals surface area contributed by atoms with E-state index in [1.807, 2.05) is 55.9 Å². The molecule has 0 amide bonds. The number of anilines is 2. The van der Waals surface area contributed by atoms with Gasteiger partial charge in [0.15, 0.2) is 5.82 Å². The molecule has 8 heteroatoms. The molecule has 1 fully saturated rings. The Kier molecular flexibility index (Phi) is 5.25. The molecule has 1 saturated heterocycles. The summed E-state index contributed by atoms with van der Waals surface area (Å²) < 4.78 is 14.0. The Morgan fingerprint density at radius 2 is 1.91 bits per heavy atom. The predicted molar refractivity (Wildman–Crippen MR) is 127 cm³/mol. The fourth-order valence-corrected chi connectivity index (χ4v) is 4.24. The molecule has 1 atom stereocenters. The molecule has 4 aromatic heterocycles. The van der Waals surface area contributed by atoms with Crippen LogP contribution < -0.4 is 10.1 Å². The lowest BCUT2D eigenvalue weighted by atomic mass is 10.0. The third-order valence-corrected chi connectivity index (χ3v) is 5.67. The van der Waals surface area contributed by atoms with Crippen LogP contribution in [0, 0.1) is 20.8 Å². The zero-order valence-corrected chi connectivity index (χ0v) is 19.6. The number of aryl methyl sites for hydroxylation is 3. The van der Waals surface area contributed by atoms with Crippen molar-refractivity contribution in [1.29, 1.82) is 0 Å². The fraction of sp³-hybridized carbons (Fsp3) is 0.360. The summed E-state index contributed by atoms with van der Waals surface area (Å²) >= 11 is 0. The Balaban J connectivity index is 1.45. The van der Waals surface area contributed by atoms with Crippen molar-refractivity contribution in [2.75, 3.05) is 11.9 Å². The van der Waals surface area contributed by atoms with E-state index < -0.39 is 0 Å². The van der Waals surface area contributed by atoms with E-state index in [1.54, 1.807) is 0 Å². The second kappa shape index (κ2) is 8.12. The Bertz CT molecular complexity index is 1310. The second-order valence-corrected chi connectivity index (χ2v) is 9.22. The van der Waals surface area contributed by atoms with Crippen molar-refractivity contribution < 1.29 is 9.47 Å². The van der Waals surface area contributed by atoms with Crippen LogP contribution in [0.1, 0.15) is 37.5 Å². The number of nitrogens with zero attached hydrogens (tertiary/aromatic N) is 5. The monoisotopic (exact) mass is 444 g/mol. The number of nitrogens with one attached hydrogen (secondary N) is 1. The second-order valence-electron chi connectivity index (χ2n) is 9.22. The first-order chi connectivity index (χ1) is 15.7. The first-order valence-corrected chi connectivity index (χ1v) is 11.1. The van der Waals surface area contributed by atoms with Gasteiger partial charge in [0.05, 0.1) is 23.9 Å². The number of hydrogen-bond donors (Lipinski definition) is 1. The maximum atomic E-state index is 6.33. The lowest BCUT2D eigenvalue weighted by Crippen LogP contribution is -2.20. The number of ether oxygens (including phenoxy) is 2. The highest BCUT2D eigenvalue weighted by atomic mass is 16.6. The van der Waals surface area contributed by atoms with Crippen molar-refractivity contribution in [2.45, 2.75) is 52.7 Å². The number of fused-ring (bicyclic) bond motifs is 1. The van der Waals surface area contributed by atoms with Crippen LogP contribution in [0.25, 0.3) is 16.6 Å². The van der Waals surface area contributed by atoms with Gasteiger partial charge in [-0.3, -0.25) is 4.98 Å². The average Bonchev–Trinajstić information content (AvgIpc) is 3.29. The van der Waals surface area contributed by atoms with E-state index in [0.29, 0.717) is 6.61 Å². The van der Waals surface area contributed by atoms with Crippen LogP contribution in [-0.4, -0.2) is 42.9 Å². The van der Waals surface area contributed by atoms with Crippen LogP contribution >= 0.6 is 0 Å².